The minimum atomic E-state index is -0.0666. The minimum absolute atomic E-state index is 0.0666. The Morgan fingerprint density at radius 2 is 2.09 bits per heavy atom. The highest BCUT2D eigenvalue weighted by atomic mass is 35.5. The molecule has 2 heteroatoms. The van der Waals surface area contributed by atoms with Crippen LogP contribution in [0.1, 0.15) is 13.8 Å². The van der Waals surface area contributed by atoms with Crippen molar-refractivity contribution in [3.8, 4) is 0 Å². The van der Waals surface area contributed by atoms with Crippen molar-refractivity contribution in [3.63, 3.8) is 0 Å². The molecular weight excluding hydrogens is 160 g/mol. The van der Waals surface area contributed by atoms with Gasteiger partial charge in [0.1, 0.15) is 0 Å². The third kappa shape index (κ3) is 3.19. The summed E-state index contributed by atoms with van der Waals surface area (Å²) in [6.07, 6.45) is 4.90. The van der Waals surface area contributed by atoms with Crippen LogP contribution in [0.25, 0.3) is 0 Å². The molecule has 0 heterocycles. The normalized spacial score (nSPS) is 13.0. The monoisotopic (exact) mass is 170 g/mol. The van der Waals surface area contributed by atoms with Gasteiger partial charge >= 0.3 is 0 Å². The number of Topliss-reactive ketones (excluding diaryl/α,β-unsaturated/α-hetero) is 1. The summed E-state index contributed by atoms with van der Waals surface area (Å²) >= 11 is 5.74. The topological polar surface area (TPSA) is 17.1 Å². The second-order valence-electron chi connectivity index (χ2n) is 2.02. The van der Waals surface area contributed by atoms with E-state index in [4.69, 9.17) is 11.6 Å². The number of halogens is 1. The van der Waals surface area contributed by atoms with Crippen molar-refractivity contribution in [1.82, 2.24) is 0 Å². The summed E-state index contributed by atoms with van der Waals surface area (Å²) in [6.45, 7) is 6.79. The van der Waals surface area contributed by atoms with Crippen molar-refractivity contribution in [2.24, 2.45) is 0 Å². The van der Waals surface area contributed by atoms with Crippen LogP contribution in [-0.2, 0) is 4.79 Å². The molecule has 0 saturated heterocycles. The van der Waals surface area contributed by atoms with Crippen LogP contribution < -0.4 is 0 Å². The first-order valence-electron chi connectivity index (χ1n) is 3.29. The summed E-state index contributed by atoms with van der Waals surface area (Å²) < 4.78 is 0. The number of allylic oxidation sites excluding steroid dienone is 5. The van der Waals surface area contributed by atoms with Crippen LogP contribution >= 0.6 is 11.6 Å². The zero-order valence-corrected chi connectivity index (χ0v) is 7.48. The predicted molar refractivity (Wildman–Crippen MR) is 48.6 cm³/mol. The van der Waals surface area contributed by atoms with Crippen molar-refractivity contribution in [1.29, 1.82) is 0 Å². The Balaban J connectivity index is 4.82. The Hall–Kier alpha value is -0.820. The van der Waals surface area contributed by atoms with Crippen molar-refractivity contribution in [2.75, 3.05) is 0 Å². The molecule has 0 saturated carbocycles. The average Bonchev–Trinajstić information content (AvgIpc) is 1.88. The Morgan fingerprint density at radius 3 is 2.36 bits per heavy atom. The third-order valence-corrected chi connectivity index (χ3v) is 1.48. The lowest BCUT2D eigenvalue weighted by Gasteiger charge is -1.95. The predicted octanol–water partition coefficient (Wildman–Crippen LogP) is 2.83. The van der Waals surface area contributed by atoms with Gasteiger partial charge in [-0.2, -0.15) is 0 Å². The van der Waals surface area contributed by atoms with Gasteiger partial charge < -0.3 is 0 Å². The van der Waals surface area contributed by atoms with E-state index >= 15 is 0 Å². The van der Waals surface area contributed by atoms with Crippen LogP contribution in [-0.4, -0.2) is 5.78 Å². The SMILES string of the molecule is C=C/C(C(C)=O)=C(Cl)\C=C/C. The Kier molecular flexibility index (Phi) is 4.55. The summed E-state index contributed by atoms with van der Waals surface area (Å²) in [6, 6.07) is 0. The standard InChI is InChI=1S/C9H11ClO/c1-4-6-9(10)8(5-2)7(3)11/h4-6H,2H2,1,3H3/b6-4-,9-8-. The summed E-state index contributed by atoms with van der Waals surface area (Å²) in [7, 11) is 0. The molecule has 0 atom stereocenters. The molecule has 0 aliphatic rings. The highest BCUT2D eigenvalue weighted by Crippen LogP contribution is 2.12. The maximum atomic E-state index is 10.8. The van der Waals surface area contributed by atoms with Gasteiger partial charge in [0.25, 0.3) is 0 Å². The quantitative estimate of drug-likeness (QED) is 0.470. The lowest BCUT2D eigenvalue weighted by molar-refractivity contribution is -0.113. The van der Waals surface area contributed by atoms with Gasteiger partial charge in [0.2, 0.25) is 0 Å². The van der Waals surface area contributed by atoms with E-state index in [1.165, 1.54) is 13.0 Å². The fraction of sp³-hybridized carbons (Fsp3) is 0.222. The van der Waals surface area contributed by atoms with Gasteiger partial charge in [-0.3, -0.25) is 4.79 Å². The van der Waals surface area contributed by atoms with Crippen molar-refractivity contribution >= 4 is 17.4 Å². The van der Waals surface area contributed by atoms with Crippen molar-refractivity contribution in [2.45, 2.75) is 13.8 Å². The average molecular weight is 171 g/mol. The Bertz CT molecular complexity index is 224. The molecule has 0 rings (SSSR count). The molecule has 0 amide bonds. The molecule has 1 nitrogen and oxygen atoms in total. The molecule has 0 bridgehead atoms. The van der Waals surface area contributed by atoms with Gasteiger partial charge in [-0.1, -0.05) is 30.3 Å². The zero-order valence-electron chi connectivity index (χ0n) is 6.73. The van der Waals surface area contributed by atoms with Gasteiger partial charge in [-0.05, 0) is 19.9 Å². The van der Waals surface area contributed by atoms with E-state index in [0.717, 1.165) is 0 Å². The molecule has 0 aliphatic heterocycles. The summed E-state index contributed by atoms with van der Waals surface area (Å²) in [5.74, 6) is -0.0666. The van der Waals surface area contributed by atoms with E-state index in [9.17, 15) is 4.79 Å². The fourth-order valence-corrected chi connectivity index (χ4v) is 0.982. The van der Waals surface area contributed by atoms with E-state index in [-0.39, 0.29) is 5.78 Å². The fourth-order valence-electron chi connectivity index (χ4n) is 0.646. The first-order valence-corrected chi connectivity index (χ1v) is 3.67. The van der Waals surface area contributed by atoms with Crippen LogP contribution in [0, 0.1) is 0 Å². The number of hydrogen-bond acceptors (Lipinski definition) is 1. The van der Waals surface area contributed by atoms with Crippen LogP contribution in [0.3, 0.4) is 0 Å². The van der Waals surface area contributed by atoms with Crippen LogP contribution in [0.4, 0.5) is 0 Å². The number of hydrogen-bond donors (Lipinski definition) is 0. The highest BCUT2D eigenvalue weighted by Gasteiger charge is 2.02. The van der Waals surface area contributed by atoms with Gasteiger partial charge in [0, 0.05) is 5.57 Å². The maximum absolute atomic E-state index is 10.8. The molecule has 0 aromatic heterocycles. The van der Waals surface area contributed by atoms with Crippen molar-refractivity contribution in [3.05, 3.63) is 35.4 Å². The van der Waals surface area contributed by atoms with E-state index in [1.54, 1.807) is 12.2 Å². The van der Waals surface area contributed by atoms with Crippen LogP contribution in [0.5, 0.6) is 0 Å². The second kappa shape index (κ2) is 4.91. The first kappa shape index (κ1) is 10.2. The lowest BCUT2D eigenvalue weighted by atomic mass is 10.1. The number of carbonyl (C=O) groups is 1. The molecule has 0 fully saturated rings. The maximum Gasteiger partial charge on any atom is 0.161 e. The molecule has 11 heavy (non-hydrogen) atoms. The highest BCUT2D eigenvalue weighted by molar-refractivity contribution is 6.33. The molecule has 0 aliphatic carbocycles. The molecule has 0 spiro atoms. The molecule has 0 aromatic carbocycles. The summed E-state index contributed by atoms with van der Waals surface area (Å²) in [5, 5.41) is 0.440. The van der Waals surface area contributed by atoms with E-state index < -0.39 is 0 Å². The smallest absolute Gasteiger partial charge is 0.161 e. The molecular formula is C9H11ClO. The summed E-state index contributed by atoms with van der Waals surface area (Å²) in [5.41, 5.74) is 0.463. The largest absolute Gasteiger partial charge is 0.294 e. The van der Waals surface area contributed by atoms with Gasteiger partial charge in [-0.15, -0.1) is 0 Å². The first-order chi connectivity index (χ1) is 5.13. The molecule has 0 aromatic rings. The molecule has 0 radical (unpaired) electrons. The lowest BCUT2D eigenvalue weighted by Crippen LogP contribution is -1.93. The van der Waals surface area contributed by atoms with Crippen LogP contribution in [0.2, 0.25) is 0 Å². The third-order valence-electron chi connectivity index (χ3n) is 1.15. The molecule has 60 valence electrons. The van der Waals surface area contributed by atoms with E-state index in [1.807, 2.05) is 6.92 Å². The van der Waals surface area contributed by atoms with E-state index in [0.29, 0.717) is 10.6 Å². The van der Waals surface area contributed by atoms with Gasteiger partial charge in [0.05, 0.1) is 5.03 Å². The Labute approximate surface area is 72.1 Å². The van der Waals surface area contributed by atoms with E-state index in [2.05, 4.69) is 6.58 Å². The number of ketones is 1. The van der Waals surface area contributed by atoms with Gasteiger partial charge in [0.15, 0.2) is 5.78 Å². The number of rotatable bonds is 3. The molecule has 0 N–H and O–H groups in total. The minimum Gasteiger partial charge on any atom is -0.294 e. The molecule has 0 unspecified atom stereocenters. The second-order valence-corrected chi connectivity index (χ2v) is 2.43. The van der Waals surface area contributed by atoms with Crippen LogP contribution in [0.15, 0.2) is 35.4 Å². The number of carbonyl (C=O) groups excluding carboxylic acids is 1. The zero-order chi connectivity index (χ0) is 8.85. The van der Waals surface area contributed by atoms with Crippen molar-refractivity contribution < 1.29 is 4.79 Å². The summed E-state index contributed by atoms with van der Waals surface area (Å²) in [4.78, 5) is 10.8. The Morgan fingerprint density at radius 1 is 1.55 bits per heavy atom. The van der Waals surface area contributed by atoms with Gasteiger partial charge in [-0.25, -0.2) is 0 Å².